The predicted octanol–water partition coefficient (Wildman–Crippen LogP) is 3.06. The van der Waals surface area contributed by atoms with Crippen molar-refractivity contribution >= 4 is 18.3 Å². The zero-order chi connectivity index (χ0) is 16.0. The molecule has 0 aliphatic rings. The number of rotatable bonds is 7. The van der Waals surface area contributed by atoms with Gasteiger partial charge in [0, 0.05) is 12.1 Å². The average Bonchev–Trinajstić information content (AvgIpc) is 2.40. The number of ether oxygens (including phenoxy) is 1. The lowest BCUT2D eigenvalue weighted by Gasteiger charge is -2.32. The van der Waals surface area contributed by atoms with E-state index in [1.807, 2.05) is 38.1 Å². The number of aryl methyl sites for hydroxylation is 1. The maximum Gasteiger partial charge on any atom is 0.261 e. The number of carbonyl (C=O) groups is 1. The summed E-state index contributed by atoms with van der Waals surface area (Å²) in [7, 11) is 0. The van der Waals surface area contributed by atoms with E-state index in [1.165, 1.54) is 0 Å². The smallest absolute Gasteiger partial charge is 0.261 e. The second-order valence-corrected chi connectivity index (χ2v) is 6.43. The van der Waals surface area contributed by atoms with Gasteiger partial charge in [0.1, 0.15) is 5.75 Å². The topological polar surface area (TPSA) is 64.3 Å². The van der Waals surface area contributed by atoms with E-state index in [0.29, 0.717) is 18.2 Å². The Morgan fingerprint density at radius 1 is 1.27 bits per heavy atom. The number of halogens is 1. The lowest BCUT2D eigenvalue weighted by atomic mass is 9.90. The van der Waals surface area contributed by atoms with Gasteiger partial charge in [0.25, 0.3) is 5.91 Å². The Kier molecular flexibility index (Phi) is 8.49. The van der Waals surface area contributed by atoms with Crippen LogP contribution in [0.2, 0.25) is 0 Å². The molecule has 0 saturated heterocycles. The molecule has 0 aliphatic carbocycles. The van der Waals surface area contributed by atoms with Gasteiger partial charge in [-0.05, 0) is 45.2 Å². The van der Waals surface area contributed by atoms with Crippen molar-refractivity contribution in [2.75, 3.05) is 6.54 Å². The summed E-state index contributed by atoms with van der Waals surface area (Å²) in [4.78, 5) is 12.3. The summed E-state index contributed by atoms with van der Waals surface area (Å²) in [6.07, 6.45) is 0.290. The van der Waals surface area contributed by atoms with Gasteiger partial charge in [-0.25, -0.2) is 0 Å². The average molecular weight is 329 g/mol. The van der Waals surface area contributed by atoms with Gasteiger partial charge in [0.2, 0.25) is 0 Å². The standard InChI is InChI=1S/C17H28N2O2.ClH/c1-12(2)10-17(5,11-18)19-16(20)14(4)21-15-8-6-13(3)7-9-15;/h6-9,12,14H,10-11,18H2,1-5H3,(H,19,20);1H. The number of nitrogens with two attached hydrogens (primary N) is 1. The largest absolute Gasteiger partial charge is 0.481 e. The maximum absolute atomic E-state index is 12.3. The van der Waals surface area contributed by atoms with E-state index in [2.05, 4.69) is 19.2 Å². The van der Waals surface area contributed by atoms with Gasteiger partial charge in [-0.2, -0.15) is 0 Å². The number of hydrogen-bond acceptors (Lipinski definition) is 3. The second kappa shape index (κ2) is 9.01. The first-order chi connectivity index (χ1) is 9.75. The van der Waals surface area contributed by atoms with Crippen molar-refractivity contribution in [3.05, 3.63) is 29.8 Å². The van der Waals surface area contributed by atoms with Crippen LogP contribution in [-0.2, 0) is 4.79 Å². The Labute approximate surface area is 140 Å². The molecule has 0 radical (unpaired) electrons. The number of amides is 1. The number of carbonyl (C=O) groups excluding carboxylic acids is 1. The molecule has 0 fully saturated rings. The lowest BCUT2D eigenvalue weighted by Crippen LogP contribution is -2.55. The van der Waals surface area contributed by atoms with E-state index in [9.17, 15) is 4.79 Å². The summed E-state index contributed by atoms with van der Waals surface area (Å²) < 4.78 is 5.67. The van der Waals surface area contributed by atoms with Crippen molar-refractivity contribution < 1.29 is 9.53 Å². The minimum Gasteiger partial charge on any atom is -0.481 e. The SMILES string of the molecule is Cc1ccc(OC(C)C(=O)NC(C)(CN)CC(C)C)cc1.Cl. The summed E-state index contributed by atoms with van der Waals surface area (Å²) in [6, 6.07) is 7.66. The minimum absolute atomic E-state index is 0. The van der Waals surface area contributed by atoms with E-state index in [0.717, 1.165) is 12.0 Å². The van der Waals surface area contributed by atoms with Crippen molar-refractivity contribution in [1.29, 1.82) is 0 Å². The van der Waals surface area contributed by atoms with Gasteiger partial charge in [-0.1, -0.05) is 31.5 Å². The van der Waals surface area contributed by atoms with Crippen LogP contribution in [0, 0.1) is 12.8 Å². The van der Waals surface area contributed by atoms with Gasteiger partial charge in [0.15, 0.2) is 6.10 Å². The van der Waals surface area contributed by atoms with Crippen molar-refractivity contribution in [2.45, 2.75) is 52.7 Å². The van der Waals surface area contributed by atoms with Gasteiger partial charge in [0.05, 0.1) is 0 Å². The Balaban J connectivity index is 0.00000441. The van der Waals surface area contributed by atoms with Crippen molar-refractivity contribution in [1.82, 2.24) is 5.32 Å². The van der Waals surface area contributed by atoms with E-state index < -0.39 is 11.6 Å². The third kappa shape index (κ3) is 6.67. The lowest BCUT2D eigenvalue weighted by molar-refractivity contribution is -0.129. The molecular formula is C17H29ClN2O2. The van der Waals surface area contributed by atoms with Crippen molar-refractivity contribution in [3.8, 4) is 5.75 Å². The molecule has 0 saturated carbocycles. The quantitative estimate of drug-likeness (QED) is 0.808. The molecule has 1 rings (SSSR count). The molecule has 2 atom stereocenters. The van der Waals surface area contributed by atoms with E-state index in [-0.39, 0.29) is 18.3 Å². The summed E-state index contributed by atoms with van der Waals surface area (Å²) in [5, 5.41) is 3.02. The maximum atomic E-state index is 12.3. The van der Waals surface area contributed by atoms with Crippen LogP contribution in [0.5, 0.6) is 5.75 Å². The number of nitrogens with one attached hydrogen (secondary N) is 1. The summed E-state index contributed by atoms with van der Waals surface area (Å²) >= 11 is 0. The van der Waals surface area contributed by atoms with Crippen LogP contribution in [0.25, 0.3) is 0 Å². The zero-order valence-corrected chi connectivity index (χ0v) is 15.0. The Bertz CT molecular complexity index is 462. The van der Waals surface area contributed by atoms with E-state index >= 15 is 0 Å². The highest BCUT2D eigenvalue weighted by Crippen LogP contribution is 2.17. The molecule has 2 unspecified atom stereocenters. The van der Waals surface area contributed by atoms with Gasteiger partial charge < -0.3 is 15.8 Å². The monoisotopic (exact) mass is 328 g/mol. The first-order valence-electron chi connectivity index (χ1n) is 7.51. The minimum atomic E-state index is -0.550. The molecule has 0 bridgehead atoms. The van der Waals surface area contributed by atoms with Crippen molar-refractivity contribution in [2.24, 2.45) is 11.7 Å². The van der Waals surface area contributed by atoms with Crippen LogP contribution in [0.1, 0.15) is 39.7 Å². The van der Waals surface area contributed by atoms with Crippen LogP contribution >= 0.6 is 12.4 Å². The Hall–Kier alpha value is -1.26. The fourth-order valence-electron chi connectivity index (χ4n) is 2.36. The highest BCUT2D eigenvalue weighted by atomic mass is 35.5. The number of benzene rings is 1. The zero-order valence-electron chi connectivity index (χ0n) is 14.2. The molecule has 5 heteroatoms. The molecule has 3 N–H and O–H groups in total. The van der Waals surface area contributed by atoms with Crippen LogP contribution in [0.4, 0.5) is 0 Å². The van der Waals surface area contributed by atoms with Crippen LogP contribution in [0.15, 0.2) is 24.3 Å². The Morgan fingerprint density at radius 3 is 2.27 bits per heavy atom. The number of hydrogen-bond donors (Lipinski definition) is 2. The normalized spacial score (nSPS) is 14.7. The summed E-state index contributed by atoms with van der Waals surface area (Å²) in [5.41, 5.74) is 6.58. The molecule has 126 valence electrons. The molecule has 4 nitrogen and oxygen atoms in total. The highest BCUT2D eigenvalue weighted by molar-refractivity contribution is 5.85. The van der Waals surface area contributed by atoms with Gasteiger partial charge >= 0.3 is 0 Å². The predicted molar refractivity (Wildman–Crippen MR) is 93.6 cm³/mol. The van der Waals surface area contributed by atoms with E-state index in [4.69, 9.17) is 10.5 Å². The third-order valence-corrected chi connectivity index (χ3v) is 3.44. The van der Waals surface area contributed by atoms with Gasteiger partial charge in [-0.3, -0.25) is 4.79 Å². The van der Waals surface area contributed by atoms with Crippen LogP contribution in [-0.4, -0.2) is 24.1 Å². The molecule has 0 aromatic heterocycles. The first-order valence-corrected chi connectivity index (χ1v) is 7.51. The molecular weight excluding hydrogens is 300 g/mol. The summed E-state index contributed by atoms with van der Waals surface area (Å²) in [5.74, 6) is 1.03. The molecule has 0 aliphatic heterocycles. The highest BCUT2D eigenvalue weighted by Gasteiger charge is 2.28. The second-order valence-electron chi connectivity index (χ2n) is 6.43. The summed E-state index contributed by atoms with van der Waals surface area (Å²) in [6.45, 7) is 10.4. The van der Waals surface area contributed by atoms with E-state index in [1.54, 1.807) is 6.92 Å². The molecule has 0 heterocycles. The fraction of sp³-hybridized carbons (Fsp3) is 0.588. The molecule has 1 amide bonds. The molecule has 1 aromatic carbocycles. The molecule has 1 aromatic rings. The van der Waals surface area contributed by atoms with Crippen LogP contribution in [0.3, 0.4) is 0 Å². The van der Waals surface area contributed by atoms with Crippen molar-refractivity contribution in [3.63, 3.8) is 0 Å². The third-order valence-electron chi connectivity index (χ3n) is 3.44. The molecule has 0 spiro atoms. The fourth-order valence-corrected chi connectivity index (χ4v) is 2.36. The van der Waals surface area contributed by atoms with Crippen LogP contribution < -0.4 is 15.8 Å². The Morgan fingerprint density at radius 2 is 1.82 bits per heavy atom. The molecule has 22 heavy (non-hydrogen) atoms. The van der Waals surface area contributed by atoms with Gasteiger partial charge in [-0.15, -0.1) is 12.4 Å². The first kappa shape index (κ1) is 20.7.